The summed E-state index contributed by atoms with van der Waals surface area (Å²) >= 11 is 0. The molecule has 2 aromatic rings. The van der Waals surface area contributed by atoms with Crippen LogP contribution in [0.5, 0.6) is 0 Å². The predicted octanol–water partition coefficient (Wildman–Crippen LogP) is 3.09. The highest BCUT2D eigenvalue weighted by Gasteiger charge is 2.32. The van der Waals surface area contributed by atoms with E-state index in [9.17, 15) is 4.79 Å². The normalized spacial score (nSPS) is 20.1. The molecule has 134 valence electrons. The lowest BCUT2D eigenvalue weighted by atomic mass is 9.95. The van der Waals surface area contributed by atoms with Crippen LogP contribution in [0.4, 0.5) is 5.69 Å². The second-order valence-electron chi connectivity index (χ2n) is 6.69. The molecule has 1 aliphatic heterocycles. The number of benzene rings is 2. The number of carbonyl (C=O) groups is 1. The van der Waals surface area contributed by atoms with Crippen molar-refractivity contribution in [2.75, 3.05) is 25.0 Å². The molecule has 1 aliphatic rings. The van der Waals surface area contributed by atoms with Gasteiger partial charge in [0.2, 0.25) is 5.91 Å². The van der Waals surface area contributed by atoms with Crippen LogP contribution in [0.2, 0.25) is 0 Å². The summed E-state index contributed by atoms with van der Waals surface area (Å²) < 4.78 is 0. The Morgan fingerprint density at radius 3 is 2.36 bits per heavy atom. The molecule has 0 saturated carbocycles. The summed E-state index contributed by atoms with van der Waals surface area (Å²) in [5.41, 5.74) is 10.7. The fraction of sp³-hybridized carbons (Fsp3) is 0.350. The highest BCUT2D eigenvalue weighted by Crippen LogP contribution is 2.26. The minimum Gasteiger partial charge on any atom is -0.326 e. The van der Waals surface area contributed by atoms with E-state index in [1.165, 1.54) is 5.56 Å². The molecule has 2 aromatic carbocycles. The molecule has 1 heterocycles. The standard InChI is InChI=1S/C20H25N3O.ClH/c1-14-7-6-8-15(2)20(14)22-19(24)13-23-11-17(18(21)12-23)16-9-4-3-5-10-16;/h3-10,17-18H,11-13,21H2,1-2H3,(H,22,24);1H/t17-,18+;/m0./s1. The number of para-hydroxylation sites is 1. The molecule has 3 rings (SSSR count). The Kier molecular flexibility index (Phi) is 6.59. The van der Waals surface area contributed by atoms with Gasteiger partial charge in [-0.2, -0.15) is 0 Å². The highest BCUT2D eigenvalue weighted by atomic mass is 35.5. The van der Waals surface area contributed by atoms with E-state index < -0.39 is 0 Å². The Labute approximate surface area is 155 Å². The maximum absolute atomic E-state index is 12.4. The predicted molar refractivity (Wildman–Crippen MR) is 105 cm³/mol. The van der Waals surface area contributed by atoms with Gasteiger partial charge in [-0.05, 0) is 30.5 Å². The maximum Gasteiger partial charge on any atom is 0.238 e. The molecule has 1 saturated heterocycles. The molecule has 1 fully saturated rings. The zero-order chi connectivity index (χ0) is 17.1. The number of hydrogen-bond donors (Lipinski definition) is 2. The summed E-state index contributed by atoms with van der Waals surface area (Å²) in [6.45, 7) is 5.98. The van der Waals surface area contributed by atoms with Crippen LogP contribution in [0.25, 0.3) is 0 Å². The van der Waals surface area contributed by atoms with Crippen molar-refractivity contribution in [3.05, 3.63) is 65.2 Å². The van der Waals surface area contributed by atoms with E-state index in [1.54, 1.807) is 0 Å². The van der Waals surface area contributed by atoms with Crippen LogP contribution >= 0.6 is 12.4 Å². The monoisotopic (exact) mass is 359 g/mol. The lowest BCUT2D eigenvalue weighted by molar-refractivity contribution is -0.117. The Bertz CT molecular complexity index is 700. The van der Waals surface area contributed by atoms with Gasteiger partial charge in [-0.3, -0.25) is 9.69 Å². The maximum atomic E-state index is 12.4. The van der Waals surface area contributed by atoms with Crippen molar-refractivity contribution >= 4 is 24.0 Å². The number of halogens is 1. The number of rotatable bonds is 4. The molecule has 4 nitrogen and oxygen atoms in total. The average Bonchev–Trinajstić information content (AvgIpc) is 2.92. The van der Waals surface area contributed by atoms with Crippen LogP contribution in [0.1, 0.15) is 22.6 Å². The SMILES string of the molecule is Cc1cccc(C)c1NC(=O)CN1C[C@@H](N)[C@H](c2ccccc2)C1.Cl. The lowest BCUT2D eigenvalue weighted by Gasteiger charge is -2.17. The molecular weight excluding hydrogens is 334 g/mol. The third-order valence-electron chi connectivity index (χ3n) is 4.78. The first-order chi connectivity index (χ1) is 11.5. The summed E-state index contributed by atoms with van der Waals surface area (Å²) in [7, 11) is 0. The number of aryl methyl sites for hydroxylation is 2. The van der Waals surface area contributed by atoms with E-state index in [2.05, 4.69) is 22.3 Å². The molecule has 1 amide bonds. The molecule has 5 heteroatoms. The number of likely N-dealkylation sites (tertiary alicyclic amines) is 1. The van der Waals surface area contributed by atoms with Crippen molar-refractivity contribution in [2.45, 2.75) is 25.8 Å². The van der Waals surface area contributed by atoms with Crippen LogP contribution in [0.15, 0.2) is 48.5 Å². The molecule has 0 bridgehead atoms. The number of nitrogens with one attached hydrogen (secondary N) is 1. The van der Waals surface area contributed by atoms with Gasteiger partial charge in [-0.25, -0.2) is 0 Å². The van der Waals surface area contributed by atoms with Gasteiger partial charge < -0.3 is 11.1 Å². The largest absolute Gasteiger partial charge is 0.326 e. The van der Waals surface area contributed by atoms with E-state index in [0.717, 1.165) is 29.9 Å². The van der Waals surface area contributed by atoms with E-state index in [1.807, 2.05) is 50.2 Å². The Morgan fingerprint density at radius 2 is 1.72 bits per heavy atom. The van der Waals surface area contributed by atoms with Gasteiger partial charge in [0, 0.05) is 30.7 Å². The number of amides is 1. The summed E-state index contributed by atoms with van der Waals surface area (Å²) in [6, 6.07) is 16.4. The highest BCUT2D eigenvalue weighted by molar-refractivity contribution is 5.93. The van der Waals surface area contributed by atoms with Crippen molar-refractivity contribution < 1.29 is 4.79 Å². The molecule has 0 aromatic heterocycles. The topological polar surface area (TPSA) is 58.4 Å². The number of hydrogen-bond acceptors (Lipinski definition) is 3. The average molecular weight is 360 g/mol. The summed E-state index contributed by atoms with van der Waals surface area (Å²) in [5.74, 6) is 0.313. The number of anilines is 1. The van der Waals surface area contributed by atoms with Crippen molar-refractivity contribution in [3.63, 3.8) is 0 Å². The Morgan fingerprint density at radius 1 is 1.08 bits per heavy atom. The summed E-state index contributed by atoms with van der Waals surface area (Å²) in [6.07, 6.45) is 0. The molecule has 0 aliphatic carbocycles. The third kappa shape index (κ3) is 4.60. The number of nitrogens with zero attached hydrogens (tertiary/aromatic N) is 1. The minimum absolute atomic E-state index is 0. The first-order valence-corrected chi connectivity index (χ1v) is 8.43. The van der Waals surface area contributed by atoms with Crippen LogP contribution in [-0.2, 0) is 4.79 Å². The molecule has 0 unspecified atom stereocenters. The first kappa shape index (κ1) is 19.4. The van der Waals surface area contributed by atoms with Gasteiger partial charge in [0.25, 0.3) is 0 Å². The van der Waals surface area contributed by atoms with E-state index >= 15 is 0 Å². The van der Waals surface area contributed by atoms with E-state index in [4.69, 9.17) is 5.73 Å². The number of nitrogens with two attached hydrogens (primary N) is 1. The Hall–Kier alpha value is -1.88. The van der Waals surface area contributed by atoms with E-state index in [-0.39, 0.29) is 24.4 Å². The molecule has 0 spiro atoms. The smallest absolute Gasteiger partial charge is 0.238 e. The molecule has 3 N–H and O–H groups in total. The first-order valence-electron chi connectivity index (χ1n) is 8.43. The van der Waals surface area contributed by atoms with Crippen LogP contribution in [0.3, 0.4) is 0 Å². The molecule has 25 heavy (non-hydrogen) atoms. The number of carbonyl (C=O) groups excluding carboxylic acids is 1. The van der Waals surface area contributed by atoms with Gasteiger partial charge in [-0.1, -0.05) is 48.5 Å². The zero-order valence-corrected chi connectivity index (χ0v) is 15.6. The van der Waals surface area contributed by atoms with Crippen molar-refractivity contribution in [1.29, 1.82) is 0 Å². The van der Waals surface area contributed by atoms with Gasteiger partial charge in [0.05, 0.1) is 6.54 Å². The molecule has 2 atom stereocenters. The molecular formula is C20H26ClN3O. The molecule has 0 radical (unpaired) electrons. The quantitative estimate of drug-likeness (QED) is 0.881. The van der Waals surface area contributed by atoms with Crippen LogP contribution in [-0.4, -0.2) is 36.5 Å². The van der Waals surface area contributed by atoms with Crippen LogP contribution < -0.4 is 11.1 Å². The van der Waals surface area contributed by atoms with Gasteiger partial charge in [0.1, 0.15) is 0 Å². The second-order valence-corrected chi connectivity index (χ2v) is 6.69. The zero-order valence-electron chi connectivity index (χ0n) is 14.7. The fourth-order valence-corrected chi connectivity index (χ4v) is 3.49. The van der Waals surface area contributed by atoms with Gasteiger partial charge >= 0.3 is 0 Å². The fourth-order valence-electron chi connectivity index (χ4n) is 3.49. The van der Waals surface area contributed by atoms with Gasteiger partial charge in [0.15, 0.2) is 0 Å². The summed E-state index contributed by atoms with van der Waals surface area (Å²) in [4.78, 5) is 14.6. The summed E-state index contributed by atoms with van der Waals surface area (Å²) in [5, 5.41) is 3.05. The van der Waals surface area contributed by atoms with Crippen molar-refractivity contribution in [3.8, 4) is 0 Å². The van der Waals surface area contributed by atoms with Gasteiger partial charge in [-0.15, -0.1) is 12.4 Å². The van der Waals surface area contributed by atoms with Crippen molar-refractivity contribution in [2.24, 2.45) is 5.73 Å². The third-order valence-corrected chi connectivity index (χ3v) is 4.78. The lowest BCUT2D eigenvalue weighted by Crippen LogP contribution is -2.34. The second kappa shape index (κ2) is 8.48. The van der Waals surface area contributed by atoms with Crippen LogP contribution in [0, 0.1) is 13.8 Å². The minimum atomic E-state index is 0. The van der Waals surface area contributed by atoms with E-state index in [0.29, 0.717) is 12.5 Å². The van der Waals surface area contributed by atoms with Crippen molar-refractivity contribution in [1.82, 2.24) is 4.90 Å². The Balaban J connectivity index is 0.00000225.